The lowest BCUT2D eigenvalue weighted by molar-refractivity contribution is 0.669. The third-order valence-electron chi connectivity index (χ3n) is 11.2. The number of benzene rings is 10. The summed E-state index contributed by atoms with van der Waals surface area (Å²) in [6, 6.07) is 62.6. The van der Waals surface area contributed by atoms with Crippen LogP contribution in [-0.2, 0) is 0 Å². The normalized spacial score (nSPS) is 12.2. The highest BCUT2D eigenvalue weighted by Crippen LogP contribution is 2.45. The van der Waals surface area contributed by atoms with Crippen LogP contribution in [0.25, 0.3) is 118 Å². The maximum Gasteiger partial charge on any atom is 0.135 e. The number of hydrogen-bond donors (Lipinski definition) is 0. The average Bonchev–Trinajstić information content (AvgIpc) is 3.77. The summed E-state index contributed by atoms with van der Waals surface area (Å²) in [6.45, 7) is 0. The van der Waals surface area contributed by atoms with Crippen LogP contribution in [0.5, 0.6) is 0 Å². The predicted molar refractivity (Wildman–Crippen MR) is 225 cm³/mol. The predicted octanol–water partition coefficient (Wildman–Crippen LogP) is 15.1. The molecule has 0 aliphatic heterocycles. The van der Waals surface area contributed by atoms with E-state index in [2.05, 4.69) is 170 Å². The number of rotatable bonds is 2. The molecule has 2 heteroatoms. The summed E-state index contributed by atoms with van der Waals surface area (Å²) in [7, 11) is 0. The molecule has 0 spiro atoms. The maximum absolute atomic E-state index is 6.40. The van der Waals surface area contributed by atoms with Crippen LogP contribution in [0.3, 0.4) is 0 Å². The molecule has 12 rings (SSSR count). The van der Waals surface area contributed by atoms with Crippen LogP contribution >= 0.6 is 11.3 Å². The van der Waals surface area contributed by atoms with Gasteiger partial charge in [0, 0.05) is 36.3 Å². The lowest BCUT2D eigenvalue weighted by atomic mass is 9.91. The SMILES string of the molecule is c1ccc2cc3cc(-c4ccc5oc6ccc(-c7ccc8c(c7)c7ccccc7c7ccc9c%10ccccc%10sc9c78)cc6c5c4)ccc3cc2c1. The van der Waals surface area contributed by atoms with Crippen LogP contribution in [0.15, 0.2) is 174 Å². The molecule has 1 nitrogen and oxygen atoms in total. The fraction of sp³-hybridized carbons (Fsp3) is 0. The standard InChI is InChI=1S/C50H28OS/c1-2-8-30-24-36-25-31(13-14-32(36)23-29(30)7-1)34-16-21-46-44(27-34)45-28-35(17-22-47(45)51-46)33-15-18-41-43(26-33)38-10-4-3-9-37(38)40-19-20-42-39-11-5-6-12-48(39)52-50(42)49(40)41/h1-28H. The van der Waals surface area contributed by atoms with Crippen LogP contribution in [0, 0.1) is 0 Å². The maximum atomic E-state index is 6.40. The van der Waals surface area contributed by atoms with Gasteiger partial charge in [0.25, 0.3) is 0 Å². The van der Waals surface area contributed by atoms with E-state index in [4.69, 9.17) is 4.42 Å². The second kappa shape index (κ2) is 10.5. The summed E-state index contributed by atoms with van der Waals surface area (Å²) in [5, 5.41) is 17.8. The number of furan rings is 1. The first kappa shape index (κ1) is 28.2. The number of thiophene rings is 1. The largest absolute Gasteiger partial charge is 0.456 e. The van der Waals surface area contributed by atoms with Gasteiger partial charge in [0.05, 0.1) is 0 Å². The van der Waals surface area contributed by atoms with E-state index >= 15 is 0 Å². The van der Waals surface area contributed by atoms with Crippen molar-refractivity contribution < 1.29 is 4.42 Å². The molecule has 2 aromatic heterocycles. The lowest BCUT2D eigenvalue weighted by Crippen LogP contribution is -1.85. The third-order valence-corrected chi connectivity index (χ3v) is 12.4. The molecule has 0 N–H and O–H groups in total. The number of fused-ring (bicyclic) bond motifs is 15. The summed E-state index contributed by atoms with van der Waals surface area (Å²) in [4.78, 5) is 0. The molecule has 0 aliphatic rings. The van der Waals surface area contributed by atoms with Crippen molar-refractivity contribution in [3.8, 4) is 22.3 Å². The first-order valence-corrected chi connectivity index (χ1v) is 18.6. The second-order valence-corrected chi connectivity index (χ2v) is 15.1. The minimum atomic E-state index is 0.908. The van der Waals surface area contributed by atoms with Gasteiger partial charge in [-0.25, -0.2) is 0 Å². The monoisotopic (exact) mass is 676 g/mol. The van der Waals surface area contributed by atoms with Crippen LogP contribution in [0.2, 0.25) is 0 Å². The van der Waals surface area contributed by atoms with Crippen molar-refractivity contribution in [1.29, 1.82) is 0 Å². The molecule has 0 saturated heterocycles. The lowest BCUT2D eigenvalue weighted by Gasteiger charge is -2.13. The Hall–Kier alpha value is -6.48. The van der Waals surface area contributed by atoms with E-state index in [-0.39, 0.29) is 0 Å². The fourth-order valence-electron chi connectivity index (χ4n) is 8.65. The van der Waals surface area contributed by atoms with E-state index in [0.717, 1.165) is 21.9 Å². The van der Waals surface area contributed by atoms with Crippen molar-refractivity contribution in [3.05, 3.63) is 170 Å². The van der Waals surface area contributed by atoms with Crippen molar-refractivity contribution in [2.24, 2.45) is 0 Å². The summed E-state index contributed by atoms with van der Waals surface area (Å²) in [5.74, 6) is 0. The Morgan fingerprint density at radius 3 is 1.56 bits per heavy atom. The Kier molecular flexibility index (Phi) is 5.71. The second-order valence-electron chi connectivity index (χ2n) is 14.1. The van der Waals surface area contributed by atoms with Gasteiger partial charge in [-0.15, -0.1) is 11.3 Å². The first-order chi connectivity index (χ1) is 25.7. The van der Waals surface area contributed by atoms with Crippen molar-refractivity contribution in [1.82, 2.24) is 0 Å². The first-order valence-electron chi connectivity index (χ1n) is 17.8. The molecule has 240 valence electrons. The Labute approximate surface area is 302 Å². The topological polar surface area (TPSA) is 13.1 Å². The zero-order valence-corrected chi connectivity index (χ0v) is 28.8. The molecule has 52 heavy (non-hydrogen) atoms. The molecule has 0 fully saturated rings. The molecule has 0 atom stereocenters. The molecular weight excluding hydrogens is 649 g/mol. The minimum absolute atomic E-state index is 0.908. The zero-order chi connectivity index (χ0) is 33.9. The zero-order valence-electron chi connectivity index (χ0n) is 28.0. The Bertz CT molecular complexity index is 3470. The van der Waals surface area contributed by atoms with Crippen molar-refractivity contribution in [2.45, 2.75) is 0 Å². The fourth-order valence-corrected chi connectivity index (χ4v) is 9.92. The Balaban J connectivity index is 1.03. The van der Waals surface area contributed by atoms with Gasteiger partial charge in [-0.05, 0) is 125 Å². The average molecular weight is 677 g/mol. The molecule has 0 amide bonds. The Morgan fingerprint density at radius 1 is 0.308 bits per heavy atom. The summed E-state index contributed by atoms with van der Waals surface area (Å²) in [6.07, 6.45) is 0. The van der Waals surface area contributed by atoms with Crippen LogP contribution in [-0.4, -0.2) is 0 Å². The van der Waals surface area contributed by atoms with Crippen LogP contribution in [0.1, 0.15) is 0 Å². The molecule has 2 heterocycles. The van der Waals surface area contributed by atoms with Gasteiger partial charge in [0.2, 0.25) is 0 Å². The van der Waals surface area contributed by atoms with E-state index in [1.807, 2.05) is 11.3 Å². The van der Waals surface area contributed by atoms with Gasteiger partial charge >= 0.3 is 0 Å². The highest BCUT2D eigenvalue weighted by molar-refractivity contribution is 7.26. The van der Waals surface area contributed by atoms with Gasteiger partial charge in [0.15, 0.2) is 0 Å². The minimum Gasteiger partial charge on any atom is -0.456 e. The van der Waals surface area contributed by atoms with Gasteiger partial charge in [0.1, 0.15) is 11.2 Å². The van der Waals surface area contributed by atoms with Gasteiger partial charge in [-0.1, -0.05) is 115 Å². The summed E-state index contributed by atoms with van der Waals surface area (Å²) in [5.41, 5.74) is 6.60. The summed E-state index contributed by atoms with van der Waals surface area (Å²) >= 11 is 1.91. The van der Waals surface area contributed by atoms with Gasteiger partial charge < -0.3 is 4.42 Å². The molecule has 10 aromatic carbocycles. The smallest absolute Gasteiger partial charge is 0.135 e. The van der Waals surface area contributed by atoms with Crippen molar-refractivity contribution in [2.75, 3.05) is 0 Å². The van der Waals surface area contributed by atoms with E-state index in [0.29, 0.717) is 0 Å². The third kappa shape index (κ3) is 4.04. The Morgan fingerprint density at radius 2 is 0.808 bits per heavy atom. The molecule has 0 bridgehead atoms. The van der Waals surface area contributed by atoms with Crippen molar-refractivity contribution in [3.63, 3.8) is 0 Å². The quantitative estimate of drug-likeness (QED) is 0.131. The van der Waals surface area contributed by atoms with Crippen LogP contribution in [0.4, 0.5) is 0 Å². The van der Waals surface area contributed by atoms with Gasteiger partial charge in [-0.3, -0.25) is 0 Å². The van der Waals surface area contributed by atoms with E-state index < -0.39 is 0 Å². The molecular formula is C50H28OS. The molecule has 0 saturated carbocycles. The van der Waals surface area contributed by atoms with E-state index in [1.165, 1.54) is 96.3 Å². The van der Waals surface area contributed by atoms with Crippen molar-refractivity contribution >= 4 is 107 Å². The van der Waals surface area contributed by atoms with Gasteiger partial charge in [-0.2, -0.15) is 0 Å². The summed E-state index contributed by atoms with van der Waals surface area (Å²) < 4.78 is 9.09. The highest BCUT2D eigenvalue weighted by atomic mass is 32.1. The molecule has 0 unspecified atom stereocenters. The molecule has 0 radical (unpaired) electrons. The molecule has 0 aliphatic carbocycles. The van der Waals surface area contributed by atoms with Crippen LogP contribution < -0.4 is 0 Å². The molecule has 12 aromatic rings. The number of hydrogen-bond acceptors (Lipinski definition) is 2. The van der Waals surface area contributed by atoms with E-state index in [1.54, 1.807) is 0 Å². The highest BCUT2D eigenvalue weighted by Gasteiger charge is 2.16. The van der Waals surface area contributed by atoms with E-state index in [9.17, 15) is 0 Å².